The molecule has 0 heterocycles. The minimum Gasteiger partial charge on any atom is -0.497 e. The van der Waals surface area contributed by atoms with Crippen LogP contribution in [0.2, 0.25) is 0 Å². The number of ether oxygens (including phenoxy) is 4. The van der Waals surface area contributed by atoms with Crippen molar-refractivity contribution in [1.82, 2.24) is 0 Å². The molecule has 0 radical (unpaired) electrons. The minimum absolute atomic E-state index is 0.584. The molecule has 0 fully saturated rings. The fraction of sp³-hybridized carbons (Fsp3) is 0.182. The number of hydrogen-bond donors (Lipinski definition) is 0. The first-order valence-corrected chi connectivity index (χ1v) is 8.25. The van der Waals surface area contributed by atoms with Crippen LogP contribution in [-0.2, 0) is 0 Å². The summed E-state index contributed by atoms with van der Waals surface area (Å²) >= 11 is 0. The largest absolute Gasteiger partial charge is 0.497 e. The third kappa shape index (κ3) is 3.31. The van der Waals surface area contributed by atoms with Crippen LogP contribution in [0.3, 0.4) is 0 Å². The second kappa shape index (κ2) is 7.83. The van der Waals surface area contributed by atoms with Gasteiger partial charge < -0.3 is 18.9 Å². The monoisotopic (exact) mass is 350 g/mol. The van der Waals surface area contributed by atoms with Gasteiger partial charge in [0.25, 0.3) is 0 Å². The summed E-state index contributed by atoms with van der Waals surface area (Å²) in [4.78, 5) is 0. The molecule has 0 aliphatic rings. The van der Waals surface area contributed by atoms with Gasteiger partial charge in [-0.05, 0) is 46.5 Å². The highest BCUT2D eigenvalue weighted by Gasteiger charge is 2.16. The average molecular weight is 350 g/mol. The van der Waals surface area contributed by atoms with E-state index in [9.17, 15) is 0 Å². The molecule has 0 aliphatic heterocycles. The molecule has 3 aromatic carbocycles. The van der Waals surface area contributed by atoms with Crippen LogP contribution in [0.5, 0.6) is 23.0 Å². The quantitative estimate of drug-likeness (QED) is 0.623. The Morgan fingerprint density at radius 1 is 0.538 bits per heavy atom. The minimum atomic E-state index is 0.584. The van der Waals surface area contributed by atoms with E-state index in [1.54, 1.807) is 28.4 Å². The van der Waals surface area contributed by atoms with E-state index >= 15 is 0 Å². The zero-order chi connectivity index (χ0) is 18.5. The summed E-state index contributed by atoms with van der Waals surface area (Å²) in [7, 11) is 6.51. The lowest BCUT2D eigenvalue weighted by atomic mass is 9.94. The van der Waals surface area contributed by atoms with Crippen LogP contribution >= 0.6 is 0 Å². The van der Waals surface area contributed by atoms with Gasteiger partial charge in [0.05, 0.1) is 28.4 Å². The van der Waals surface area contributed by atoms with Crippen molar-refractivity contribution in [2.75, 3.05) is 28.4 Å². The van der Waals surface area contributed by atoms with Crippen LogP contribution in [0.1, 0.15) is 0 Å². The Kier molecular flexibility index (Phi) is 5.32. The Morgan fingerprint density at radius 3 is 1.54 bits per heavy atom. The van der Waals surface area contributed by atoms with Crippen molar-refractivity contribution in [3.63, 3.8) is 0 Å². The number of benzene rings is 3. The molecule has 0 amide bonds. The average Bonchev–Trinajstić information content (AvgIpc) is 2.72. The van der Waals surface area contributed by atoms with E-state index in [2.05, 4.69) is 24.3 Å². The number of hydrogen-bond acceptors (Lipinski definition) is 4. The summed E-state index contributed by atoms with van der Waals surface area (Å²) in [6.07, 6.45) is 0. The van der Waals surface area contributed by atoms with Gasteiger partial charge in [-0.2, -0.15) is 0 Å². The highest BCUT2D eigenvalue weighted by molar-refractivity contribution is 5.85. The third-order valence-corrected chi connectivity index (χ3v) is 4.30. The first-order chi connectivity index (χ1) is 12.7. The van der Waals surface area contributed by atoms with E-state index in [1.165, 1.54) is 0 Å². The van der Waals surface area contributed by atoms with Gasteiger partial charge >= 0.3 is 0 Å². The van der Waals surface area contributed by atoms with E-state index in [1.807, 2.05) is 36.4 Å². The summed E-state index contributed by atoms with van der Waals surface area (Å²) in [6, 6.07) is 20.2. The van der Waals surface area contributed by atoms with E-state index in [4.69, 9.17) is 18.9 Å². The Morgan fingerprint density at radius 2 is 1.08 bits per heavy atom. The predicted octanol–water partition coefficient (Wildman–Crippen LogP) is 5.06. The number of methoxy groups -OCH3 is 4. The Balaban J connectivity index is 2.16. The first kappa shape index (κ1) is 17.7. The third-order valence-electron chi connectivity index (χ3n) is 4.30. The molecule has 0 spiro atoms. The van der Waals surface area contributed by atoms with Gasteiger partial charge in [-0.15, -0.1) is 0 Å². The summed E-state index contributed by atoms with van der Waals surface area (Å²) in [6.45, 7) is 0. The molecule has 0 saturated carbocycles. The van der Waals surface area contributed by atoms with Crippen molar-refractivity contribution >= 4 is 0 Å². The zero-order valence-electron chi connectivity index (χ0n) is 15.4. The van der Waals surface area contributed by atoms with Crippen LogP contribution in [0, 0.1) is 0 Å². The maximum absolute atomic E-state index is 5.50. The normalized spacial score (nSPS) is 10.3. The molecule has 0 aromatic heterocycles. The second-order valence-electron chi connectivity index (χ2n) is 5.69. The van der Waals surface area contributed by atoms with Crippen LogP contribution < -0.4 is 18.9 Å². The van der Waals surface area contributed by atoms with Crippen LogP contribution in [0.15, 0.2) is 60.7 Å². The molecule has 26 heavy (non-hydrogen) atoms. The van der Waals surface area contributed by atoms with Crippen molar-refractivity contribution in [3.05, 3.63) is 60.7 Å². The zero-order valence-corrected chi connectivity index (χ0v) is 15.4. The SMILES string of the molecule is COc1ccc(-c2ccccc2-c2cc(OC)c(OC)c(OC)c2)cc1. The highest BCUT2D eigenvalue weighted by atomic mass is 16.5. The smallest absolute Gasteiger partial charge is 0.203 e. The molecular weight excluding hydrogens is 328 g/mol. The summed E-state index contributed by atoms with van der Waals surface area (Å²) in [5.41, 5.74) is 4.29. The van der Waals surface area contributed by atoms with E-state index in [0.29, 0.717) is 17.2 Å². The van der Waals surface area contributed by atoms with Crippen LogP contribution in [0.25, 0.3) is 22.3 Å². The van der Waals surface area contributed by atoms with Crippen molar-refractivity contribution in [2.24, 2.45) is 0 Å². The number of rotatable bonds is 6. The molecule has 0 N–H and O–H groups in total. The standard InChI is InChI=1S/C22H22O4/c1-23-17-11-9-15(10-12-17)18-7-5-6-8-19(18)16-13-20(24-2)22(26-4)21(14-16)25-3/h5-14H,1-4H3. The lowest BCUT2D eigenvalue weighted by molar-refractivity contribution is 0.324. The molecule has 0 atom stereocenters. The Hall–Kier alpha value is -3.14. The lowest BCUT2D eigenvalue weighted by Gasteiger charge is -2.16. The molecule has 4 heteroatoms. The molecule has 0 unspecified atom stereocenters. The van der Waals surface area contributed by atoms with Crippen molar-refractivity contribution in [2.45, 2.75) is 0 Å². The second-order valence-corrected chi connectivity index (χ2v) is 5.69. The van der Waals surface area contributed by atoms with Gasteiger partial charge in [-0.1, -0.05) is 36.4 Å². The first-order valence-electron chi connectivity index (χ1n) is 8.25. The van der Waals surface area contributed by atoms with E-state index < -0.39 is 0 Å². The van der Waals surface area contributed by atoms with Gasteiger partial charge in [-0.25, -0.2) is 0 Å². The topological polar surface area (TPSA) is 36.9 Å². The highest BCUT2D eigenvalue weighted by Crippen LogP contribution is 2.43. The summed E-state index contributed by atoms with van der Waals surface area (Å²) < 4.78 is 21.7. The van der Waals surface area contributed by atoms with Crippen molar-refractivity contribution in [1.29, 1.82) is 0 Å². The van der Waals surface area contributed by atoms with Crippen molar-refractivity contribution in [3.8, 4) is 45.3 Å². The Labute approximate surface area is 153 Å². The molecule has 3 aromatic rings. The predicted molar refractivity (Wildman–Crippen MR) is 104 cm³/mol. The fourth-order valence-corrected chi connectivity index (χ4v) is 2.99. The Bertz CT molecular complexity index is 860. The molecule has 134 valence electrons. The van der Waals surface area contributed by atoms with E-state index in [-0.39, 0.29) is 0 Å². The molecule has 4 nitrogen and oxygen atoms in total. The lowest BCUT2D eigenvalue weighted by Crippen LogP contribution is -1.96. The molecule has 0 bridgehead atoms. The van der Waals surface area contributed by atoms with Gasteiger partial charge in [0.2, 0.25) is 5.75 Å². The molecule has 0 saturated heterocycles. The maximum Gasteiger partial charge on any atom is 0.203 e. The van der Waals surface area contributed by atoms with Crippen LogP contribution in [0.4, 0.5) is 0 Å². The summed E-state index contributed by atoms with van der Waals surface area (Å²) in [5, 5.41) is 0. The van der Waals surface area contributed by atoms with Gasteiger partial charge in [-0.3, -0.25) is 0 Å². The molecule has 3 rings (SSSR count). The fourth-order valence-electron chi connectivity index (χ4n) is 2.99. The molecular formula is C22H22O4. The van der Waals surface area contributed by atoms with Gasteiger partial charge in [0.15, 0.2) is 11.5 Å². The summed E-state index contributed by atoms with van der Waals surface area (Å²) in [5.74, 6) is 2.68. The van der Waals surface area contributed by atoms with E-state index in [0.717, 1.165) is 28.0 Å². The maximum atomic E-state index is 5.50. The van der Waals surface area contributed by atoms with Gasteiger partial charge in [0.1, 0.15) is 5.75 Å². The van der Waals surface area contributed by atoms with Gasteiger partial charge in [0, 0.05) is 0 Å². The molecule has 0 aliphatic carbocycles. The van der Waals surface area contributed by atoms with Crippen LogP contribution in [-0.4, -0.2) is 28.4 Å². The van der Waals surface area contributed by atoms with Crippen molar-refractivity contribution < 1.29 is 18.9 Å².